The van der Waals surface area contributed by atoms with Gasteiger partial charge in [-0.2, -0.15) is 0 Å². The Kier molecular flexibility index (Phi) is 4.77. The molecule has 19 heavy (non-hydrogen) atoms. The quantitative estimate of drug-likeness (QED) is 0.907. The first-order valence-corrected chi connectivity index (χ1v) is 6.62. The second kappa shape index (κ2) is 6.55. The van der Waals surface area contributed by atoms with E-state index in [0.29, 0.717) is 5.88 Å². The zero-order valence-corrected chi connectivity index (χ0v) is 11.9. The maximum Gasteiger partial charge on any atom is 0.212 e. The fraction of sp³-hybridized carbons (Fsp3) is 0.267. The van der Waals surface area contributed by atoms with Gasteiger partial charge >= 0.3 is 0 Å². The van der Waals surface area contributed by atoms with Crippen molar-refractivity contribution in [3.8, 4) is 17.0 Å². The maximum absolute atomic E-state index is 6.33. The smallest absolute Gasteiger partial charge is 0.212 e. The Morgan fingerprint density at radius 1 is 1.26 bits per heavy atom. The highest BCUT2D eigenvalue weighted by Crippen LogP contribution is 2.29. The van der Waals surface area contributed by atoms with E-state index in [-0.39, 0.29) is 0 Å². The number of aromatic nitrogens is 1. The number of benzene rings is 1. The summed E-state index contributed by atoms with van der Waals surface area (Å²) in [6, 6.07) is 9.88. The summed E-state index contributed by atoms with van der Waals surface area (Å²) in [6.07, 6.45) is 1.77. The van der Waals surface area contributed by atoms with Crippen LogP contribution in [0.3, 0.4) is 0 Å². The number of hydrogen-bond donors (Lipinski definition) is 1. The van der Waals surface area contributed by atoms with Crippen molar-refractivity contribution in [1.82, 2.24) is 10.3 Å². The van der Waals surface area contributed by atoms with Crippen LogP contribution in [-0.4, -0.2) is 18.6 Å². The van der Waals surface area contributed by atoms with Crippen LogP contribution in [0.25, 0.3) is 11.1 Å². The van der Waals surface area contributed by atoms with Gasteiger partial charge < -0.3 is 10.1 Å². The molecule has 2 rings (SSSR count). The van der Waals surface area contributed by atoms with Crippen molar-refractivity contribution < 1.29 is 4.74 Å². The van der Waals surface area contributed by atoms with Crippen molar-refractivity contribution in [2.75, 3.05) is 13.7 Å². The average Bonchev–Trinajstić information content (AvgIpc) is 2.45. The first-order valence-electron chi connectivity index (χ1n) is 6.24. The van der Waals surface area contributed by atoms with E-state index in [1.54, 1.807) is 13.3 Å². The second-order valence-corrected chi connectivity index (χ2v) is 4.59. The lowest BCUT2D eigenvalue weighted by Crippen LogP contribution is -2.11. The number of rotatable bonds is 5. The Labute approximate surface area is 118 Å². The molecule has 1 N–H and O–H groups in total. The van der Waals surface area contributed by atoms with Gasteiger partial charge in [-0.1, -0.05) is 30.7 Å². The molecule has 0 spiro atoms. The predicted octanol–water partition coefficient (Wildman–Crippen LogP) is 3.52. The third kappa shape index (κ3) is 3.46. The predicted molar refractivity (Wildman–Crippen MR) is 78.6 cm³/mol. The van der Waals surface area contributed by atoms with Crippen LogP contribution in [0, 0.1) is 0 Å². The topological polar surface area (TPSA) is 34.1 Å². The van der Waals surface area contributed by atoms with Gasteiger partial charge in [-0.15, -0.1) is 0 Å². The van der Waals surface area contributed by atoms with E-state index >= 15 is 0 Å². The molecule has 3 nitrogen and oxygen atoms in total. The molecule has 0 aliphatic rings. The van der Waals surface area contributed by atoms with Crippen LogP contribution in [0.15, 0.2) is 36.5 Å². The molecular weight excluding hydrogens is 260 g/mol. The first kappa shape index (κ1) is 13.8. The molecule has 0 saturated heterocycles. The van der Waals surface area contributed by atoms with Crippen molar-refractivity contribution in [3.05, 3.63) is 47.1 Å². The number of pyridine rings is 1. The first-order chi connectivity index (χ1) is 9.24. The van der Waals surface area contributed by atoms with Crippen LogP contribution in [-0.2, 0) is 6.54 Å². The van der Waals surface area contributed by atoms with Gasteiger partial charge in [0.1, 0.15) is 0 Å². The molecule has 0 fully saturated rings. The Morgan fingerprint density at radius 2 is 2.11 bits per heavy atom. The largest absolute Gasteiger partial charge is 0.481 e. The third-order valence-corrected chi connectivity index (χ3v) is 3.18. The fourth-order valence-electron chi connectivity index (χ4n) is 1.83. The minimum absolute atomic E-state index is 0.601. The standard InChI is InChI=1S/C15H17ClN2O/c1-3-17-9-11-4-6-13(14(16)8-11)12-5-7-15(19-2)18-10-12/h4-8,10,17H,3,9H2,1-2H3. The highest BCUT2D eigenvalue weighted by Gasteiger charge is 2.05. The van der Waals surface area contributed by atoms with Gasteiger partial charge in [-0.05, 0) is 24.2 Å². The zero-order chi connectivity index (χ0) is 13.7. The van der Waals surface area contributed by atoms with E-state index < -0.39 is 0 Å². The van der Waals surface area contributed by atoms with Crippen molar-refractivity contribution in [3.63, 3.8) is 0 Å². The van der Waals surface area contributed by atoms with Crippen LogP contribution >= 0.6 is 11.6 Å². The molecule has 0 bridgehead atoms. The Hall–Kier alpha value is -1.58. The molecule has 1 aromatic heterocycles. The highest BCUT2D eigenvalue weighted by molar-refractivity contribution is 6.33. The van der Waals surface area contributed by atoms with Crippen LogP contribution < -0.4 is 10.1 Å². The Bertz CT molecular complexity index is 540. The molecule has 4 heteroatoms. The minimum Gasteiger partial charge on any atom is -0.481 e. The molecule has 0 aliphatic carbocycles. The van der Waals surface area contributed by atoms with Gasteiger partial charge in [0, 0.05) is 35.0 Å². The molecule has 0 radical (unpaired) electrons. The monoisotopic (exact) mass is 276 g/mol. The van der Waals surface area contributed by atoms with Gasteiger partial charge in [0.25, 0.3) is 0 Å². The van der Waals surface area contributed by atoms with Crippen LogP contribution in [0.1, 0.15) is 12.5 Å². The van der Waals surface area contributed by atoms with Gasteiger partial charge in [-0.25, -0.2) is 4.98 Å². The summed E-state index contributed by atoms with van der Waals surface area (Å²) in [4.78, 5) is 4.19. The fourth-order valence-corrected chi connectivity index (χ4v) is 2.14. The summed E-state index contributed by atoms with van der Waals surface area (Å²) >= 11 is 6.33. The molecule has 100 valence electrons. The van der Waals surface area contributed by atoms with Crippen molar-refractivity contribution in [1.29, 1.82) is 0 Å². The average molecular weight is 277 g/mol. The zero-order valence-electron chi connectivity index (χ0n) is 11.1. The Balaban J connectivity index is 2.24. The molecule has 0 aliphatic heterocycles. The second-order valence-electron chi connectivity index (χ2n) is 4.18. The van der Waals surface area contributed by atoms with E-state index in [1.165, 1.54) is 5.56 Å². The number of methoxy groups -OCH3 is 1. The number of nitrogens with zero attached hydrogens (tertiary/aromatic N) is 1. The number of ether oxygens (including phenoxy) is 1. The van der Waals surface area contributed by atoms with Crippen LogP contribution in [0.5, 0.6) is 5.88 Å². The summed E-state index contributed by atoms with van der Waals surface area (Å²) in [6.45, 7) is 3.86. The minimum atomic E-state index is 0.601. The highest BCUT2D eigenvalue weighted by atomic mass is 35.5. The molecule has 0 saturated carbocycles. The normalized spacial score (nSPS) is 10.5. The maximum atomic E-state index is 6.33. The summed E-state index contributed by atoms with van der Waals surface area (Å²) in [5.41, 5.74) is 3.15. The third-order valence-electron chi connectivity index (χ3n) is 2.87. The molecular formula is C15H17ClN2O. The van der Waals surface area contributed by atoms with E-state index in [9.17, 15) is 0 Å². The number of hydrogen-bond acceptors (Lipinski definition) is 3. The number of nitrogens with one attached hydrogen (secondary N) is 1. The summed E-state index contributed by atoms with van der Waals surface area (Å²) in [5.74, 6) is 0.601. The molecule has 1 heterocycles. The lowest BCUT2D eigenvalue weighted by molar-refractivity contribution is 0.398. The molecule has 0 unspecified atom stereocenters. The van der Waals surface area contributed by atoms with Gasteiger partial charge in [0.2, 0.25) is 5.88 Å². The SMILES string of the molecule is CCNCc1ccc(-c2ccc(OC)nc2)c(Cl)c1. The lowest BCUT2D eigenvalue weighted by Gasteiger charge is -2.08. The lowest BCUT2D eigenvalue weighted by atomic mass is 10.1. The van der Waals surface area contributed by atoms with E-state index in [0.717, 1.165) is 29.2 Å². The van der Waals surface area contributed by atoms with Gasteiger partial charge in [0.15, 0.2) is 0 Å². The molecule has 0 amide bonds. The van der Waals surface area contributed by atoms with E-state index in [2.05, 4.69) is 23.3 Å². The van der Waals surface area contributed by atoms with E-state index in [4.69, 9.17) is 16.3 Å². The van der Waals surface area contributed by atoms with Crippen LogP contribution in [0.4, 0.5) is 0 Å². The molecule has 2 aromatic rings. The van der Waals surface area contributed by atoms with E-state index in [1.807, 2.05) is 24.3 Å². The summed E-state index contributed by atoms with van der Waals surface area (Å²) in [7, 11) is 1.60. The molecule has 0 atom stereocenters. The van der Waals surface area contributed by atoms with Crippen LogP contribution in [0.2, 0.25) is 5.02 Å². The summed E-state index contributed by atoms with van der Waals surface area (Å²) in [5, 5.41) is 4.02. The van der Waals surface area contributed by atoms with Crippen molar-refractivity contribution in [2.24, 2.45) is 0 Å². The molecule has 1 aromatic carbocycles. The number of halogens is 1. The van der Waals surface area contributed by atoms with Crippen molar-refractivity contribution in [2.45, 2.75) is 13.5 Å². The van der Waals surface area contributed by atoms with Gasteiger partial charge in [0.05, 0.1) is 7.11 Å². The van der Waals surface area contributed by atoms with Gasteiger partial charge in [-0.3, -0.25) is 0 Å². The Morgan fingerprint density at radius 3 is 2.68 bits per heavy atom. The summed E-state index contributed by atoms with van der Waals surface area (Å²) < 4.78 is 5.05. The van der Waals surface area contributed by atoms with Crippen molar-refractivity contribution >= 4 is 11.6 Å².